The molecule has 1 heterocycles. The molecule has 0 saturated carbocycles. The molecule has 8 heteroatoms. The van der Waals surface area contributed by atoms with Crippen LogP contribution in [0.5, 0.6) is 0 Å². The maximum Gasteiger partial charge on any atom is 0.240 e. The second-order valence-corrected chi connectivity index (χ2v) is 7.54. The third-order valence-electron chi connectivity index (χ3n) is 4.70. The van der Waals surface area contributed by atoms with Gasteiger partial charge in [-0.1, -0.05) is 54.1 Å². The third-order valence-corrected chi connectivity index (χ3v) is 5.01. The monoisotopic (exact) mass is 440 g/mol. The molecule has 1 aromatic heterocycles. The van der Waals surface area contributed by atoms with Crippen LogP contribution in [-0.2, 0) is 34.0 Å². The van der Waals surface area contributed by atoms with Gasteiger partial charge in [-0.3, -0.25) is 14.5 Å². The molecule has 0 unspecified atom stereocenters. The van der Waals surface area contributed by atoms with Crippen LogP contribution in [-0.4, -0.2) is 40.5 Å². The Labute approximate surface area is 187 Å². The number of nitrogens with zero attached hydrogens (tertiary/aromatic N) is 2. The van der Waals surface area contributed by atoms with Crippen molar-refractivity contribution in [3.05, 3.63) is 70.0 Å². The van der Waals surface area contributed by atoms with Crippen molar-refractivity contribution >= 4 is 18.1 Å². The van der Waals surface area contributed by atoms with Crippen molar-refractivity contribution in [2.75, 3.05) is 19.8 Å². The van der Waals surface area contributed by atoms with E-state index in [1.165, 1.54) is 0 Å². The van der Waals surface area contributed by atoms with E-state index in [1.54, 1.807) is 4.57 Å². The summed E-state index contributed by atoms with van der Waals surface area (Å²) in [6.07, 6.45) is 0. The number of aromatic nitrogens is 3. The number of nitrogens with one attached hydrogen (secondary N) is 2. The second-order valence-electron chi connectivity index (χ2n) is 7.15. The van der Waals surface area contributed by atoms with Crippen molar-refractivity contribution in [3.63, 3.8) is 0 Å². The van der Waals surface area contributed by atoms with Crippen LogP contribution < -0.4 is 5.32 Å². The molecule has 0 fully saturated rings. The lowest BCUT2D eigenvalue weighted by Crippen LogP contribution is -2.27. The summed E-state index contributed by atoms with van der Waals surface area (Å²) < 4.78 is 13.0. The van der Waals surface area contributed by atoms with Gasteiger partial charge in [-0.2, -0.15) is 5.10 Å². The Hall–Kier alpha value is -2.81. The van der Waals surface area contributed by atoms with E-state index in [0.29, 0.717) is 43.6 Å². The molecular formula is C23H28N4O3S. The van der Waals surface area contributed by atoms with Crippen molar-refractivity contribution in [1.82, 2.24) is 20.1 Å². The number of ether oxygens (including phenoxy) is 2. The van der Waals surface area contributed by atoms with E-state index in [1.807, 2.05) is 62.4 Å². The van der Waals surface area contributed by atoms with Crippen LogP contribution in [0.4, 0.5) is 0 Å². The van der Waals surface area contributed by atoms with Gasteiger partial charge in [0.25, 0.3) is 0 Å². The summed E-state index contributed by atoms with van der Waals surface area (Å²) in [6, 6.07) is 15.9. The van der Waals surface area contributed by atoms with E-state index < -0.39 is 0 Å². The number of carbonyl (C=O) groups is 1. The number of carbonyl (C=O) groups excluding carboxylic acids is 1. The predicted molar refractivity (Wildman–Crippen MR) is 122 cm³/mol. The number of hydrogen-bond acceptors (Lipinski definition) is 5. The molecule has 2 N–H and O–H groups in total. The first kappa shape index (κ1) is 22.9. The second kappa shape index (κ2) is 11.5. The van der Waals surface area contributed by atoms with Crippen molar-refractivity contribution in [2.24, 2.45) is 0 Å². The SMILES string of the molecule is CCOCCOCc1cccc(CNC(=O)Cn2c(-c3ccc(C)cc3)n[nH]c2=S)c1. The lowest BCUT2D eigenvalue weighted by molar-refractivity contribution is -0.121. The summed E-state index contributed by atoms with van der Waals surface area (Å²) in [7, 11) is 0. The van der Waals surface area contributed by atoms with Gasteiger partial charge in [-0.15, -0.1) is 0 Å². The number of H-pyrrole nitrogens is 1. The van der Waals surface area contributed by atoms with Crippen molar-refractivity contribution in [1.29, 1.82) is 0 Å². The number of aromatic amines is 1. The fourth-order valence-corrected chi connectivity index (χ4v) is 3.27. The molecule has 31 heavy (non-hydrogen) atoms. The minimum absolute atomic E-state index is 0.0960. The van der Waals surface area contributed by atoms with Crippen LogP contribution in [0.1, 0.15) is 23.6 Å². The highest BCUT2D eigenvalue weighted by atomic mass is 32.1. The average molecular weight is 441 g/mol. The van der Waals surface area contributed by atoms with Gasteiger partial charge in [0.2, 0.25) is 5.91 Å². The Morgan fingerprint density at radius 2 is 1.87 bits per heavy atom. The summed E-state index contributed by atoms with van der Waals surface area (Å²) in [5, 5.41) is 10.0. The molecule has 1 amide bonds. The van der Waals surface area contributed by atoms with Gasteiger partial charge in [-0.25, -0.2) is 0 Å². The number of rotatable bonds is 11. The van der Waals surface area contributed by atoms with Crippen LogP contribution in [0, 0.1) is 11.7 Å². The lowest BCUT2D eigenvalue weighted by atomic mass is 10.1. The van der Waals surface area contributed by atoms with E-state index >= 15 is 0 Å². The topological polar surface area (TPSA) is 81.2 Å². The van der Waals surface area contributed by atoms with Crippen molar-refractivity contribution in [2.45, 2.75) is 33.5 Å². The van der Waals surface area contributed by atoms with E-state index in [4.69, 9.17) is 21.7 Å². The van der Waals surface area contributed by atoms with Crippen LogP contribution in [0.3, 0.4) is 0 Å². The Kier molecular flexibility index (Phi) is 8.52. The number of aryl methyl sites for hydroxylation is 1. The molecule has 0 saturated heterocycles. The first-order valence-corrected chi connectivity index (χ1v) is 10.7. The van der Waals surface area contributed by atoms with Gasteiger partial charge >= 0.3 is 0 Å². The minimum atomic E-state index is -0.135. The molecule has 0 aliphatic heterocycles. The summed E-state index contributed by atoms with van der Waals surface area (Å²) in [4.78, 5) is 12.6. The minimum Gasteiger partial charge on any atom is -0.379 e. The average Bonchev–Trinajstić information content (AvgIpc) is 3.13. The number of amides is 1. The van der Waals surface area contributed by atoms with Gasteiger partial charge in [0.05, 0.1) is 19.8 Å². The fraction of sp³-hybridized carbons (Fsp3) is 0.348. The highest BCUT2D eigenvalue weighted by Crippen LogP contribution is 2.17. The van der Waals surface area contributed by atoms with Crippen molar-refractivity contribution < 1.29 is 14.3 Å². The van der Waals surface area contributed by atoms with Crippen LogP contribution in [0.15, 0.2) is 48.5 Å². The standard InChI is InChI=1S/C23H28N4O3S/c1-3-29-11-12-30-16-19-6-4-5-18(13-19)14-24-21(28)15-27-22(25-26-23(27)31)20-9-7-17(2)8-10-20/h4-10,13H,3,11-12,14-16H2,1-2H3,(H,24,28)(H,26,31). The van der Waals surface area contributed by atoms with Gasteiger partial charge in [0, 0.05) is 18.7 Å². The predicted octanol–water partition coefficient (Wildman–Crippen LogP) is 3.79. The molecule has 0 aliphatic rings. The quantitative estimate of drug-likeness (QED) is 0.350. The van der Waals surface area contributed by atoms with Crippen LogP contribution in [0.2, 0.25) is 0 Å². The molecule has 3 rings (SSSR count). The smallest absolute Gasteiger partial charge is 0.240 e. The van der Waals surface area contributed by atoms with E-state index in [2.05, 4.69) is 15.5 Å². The number of hydrogen-bond donors (Lipinski definition) is 2. The number of benzene rings is 2. The Bertz CT molecular complexity index is 1040. The molecule has 0 bridgehead atoms. The Balaban J connectivity index is 1.55. The Morgan fingerprint density at radius 1 is 1.13 bits per heavy atom. The zero-order valence-corrected chi connectivity index (χ0v) is 18.7. The Morgan fingerprint density at radius 3 is 2.65 bits per heavy atom. The molecule has 0 atom stereocenters. The first-order valence-electron chi connectivity index (χ1n) is 10.3. The van der Waals surface area contributed by atoms with Gasteiger partial charge < -0.3 is 14.8 Å². The maximum atomic E-state index is 12.6. The molecule has 3 aromatic rings. The summed E-state index contributed by atoms with van der Waals surface area (Å²) in [6.45, 7) is 6.86. The van der Waals surface area contributed by atoms with Crippen LogP contribution in [0.25, 0.3) is 11.4 Å². The van der Waals surface area contributed by atoms with E-state index in [0.717, 1.165) is 22.3 Å². The van der Waals surface area contributed by atoms with Gasteiger partial charge in [0.15, 0.2) is 10.6 Å². The molecular weight excluding hydrogens is 412 g/mol. The van der Waals surface area contributed by atoms with Gasteiger partial charge in [0.1, 0.15) is 6.54 Å². The molecule has 164 valence electrons. The molecule has 0 radical (unpaired) electrons. The largest absolute Gasteiger partial charge is 0.379 e. The normalized spacial score (nSPS) is 10.9. The third kappa shape index (κ3) is 6.85. The lowest BCUT2D eigenvalue weighted by Gasteiger charge is -2.10. The molecule has 2 aromatic carbocycles. The highest BCUT2D eigenvalue weighted by molar-refractivity contribution is 7.71. The fourth-order valence-electron chi connectivity index (χ4n) is 3.07. The van der Waals surface area contributed by atoms with E-state index in [-0.39, 0.29) is 12.5 Å². The molecule has 7 nitrogen and oxygen atoms in total. The van der Waals surface area contributed by atoms with Crippen LogP contribution >= 0.6 is 12.2 Å². The molecule has 0 aliphatic carbocycles. The zero-order valence-electron chi connectivity index (χ0n) is 17.9. The summed E-state index contributed by atoms with van der Waals surface area (Å²) in [5.41, 5.74) is 4.13. The van der Waals surface area contributed by atoms with Gasteiger partial charge in [-0.05, 0) is 37.2 Å². The van der Waals surface area contributed by atoms with Crippen molar-refractivity contribution in [3.8, 4) is 11.4 Å². The maximum absolute atomic E-state index is 12.6. The first-order chi connectivity index (χ1) is 15.1. The summed E-state index contributed by atoms with van der Waals surface area (Å²) >= 11 is 5.32. The summed E-state index contributed by atoms with van der Waals surface area (Å²) in [5.74, 6) is 0.510. The van der Waals surface area contributed by atoms with E-state index in [9.17, 15) is 4.79 Å². The molecule has 0 spiro atoms. The highest BCUT2D eigenvalue weighted by Gasteiger charge is 2.12. The zero-order chi connectivity index (χ0) is 22.1.